The number of aromatic amines is 1. The van der Waals surface area contributed by atoms with Crippen LogP contribution in [0, 0.1) is 10.1 Å². The van der Waals surface area contributed by atoms with Crippen LogP contribution in [0.2, 0.25) is 0 Å². The van der Waals surface area contributed by atoms with Crippen molar-refractivity contribution in [3.05, 3.63) is 82.0 Å². The lowest BCUT2D eigenvalue weighted by atomic mass is 10.1. The van der Waals surface area contributed by atoms with E-state index in [2.05, 4.69) is 15.5 Å². The lowest BCUT2D eigenvalue weighted by Gasteiger charge is -2.14. The minimum absolute atomic E-state index is 0.00744. The Balaban J connectivity index is 1.81. The summed E-state index contributed by atoms with van der Waals surface area (Å²) >= 11 is 0. The number of nitrogens with one attached hydrogen (secondary N) is 2. The molecule has 1 aromatic heterocycles. The van der Waals surface area contributed by atoms with Crippen molar-refractivity contribution in [3.63, 3.8) is 0 Å². The van der Waals surface area contributed by atoms with Gasteiger partial charge in [0, 0.05) is 17.7 Å². The summed E-state index contributed by atoms with van der Waals surface area (Å²) in [5.41, 5.74) is 2.55. The molecule has 0 aliphatic carbocycles. The van der Waals surface area contributed by atoms with E-state index < -0.39 is 4.92 Å². The molecule has 1 amide bonds. The third-order valence-electron chi connectivity index (χ3n) is 3.90. The van der Waals surface area contributed by atoms with Crippen molar-refractivity contribution in [3.8, 4) is 11.3 Å². The van der Waals surface area contributed by atoms with Crippen LogP contribution in [0.4, 0.5) is 5.69 Å². The molecule has 2 N–H and O–H groups in total. The van der Waals surface area contributed by atoms with Gasteiger partial charge in [-0.2, -0.15) is 5.10 Å². The van der Waals surface area contributed by atoms with Gasteiger partial charge in [-0.05, 0) is 24.6 Å². The number of hydrogen-bond donors (Lipinski definition) is 2. The minimum Gasteiger partial charge on any atom is -0.345 e. The predicted molar refractivity (Wildman–Crippen MR) is 93.0 cm³/mol. The monoisotopic (exact) mass is 336 g/mol. The number of amides is 1. The zero-order valence-corrected chi connectivity index (χ0v) is 13.5. The van der Waals surface area contributed by atoms with Crippen LogP contribution < -0.4 is 5.32 Å². The molecule has 0 spiro atoms. The van der Waals surface area contributed by atoms with Gasteiger partial charge in [-0.25, -0.2) is 0 Å². The fourth-order valence-corrected chi connectivity index (χ4v) is 2.53. The Hall–Kier alpha value is -3.48. The third kappa shape index (κ3) is 3.55. The lowest BCUT2D eigenvalue weighted by molar-refractivity contribution is -0.384. The number of carbonyl (C=O) groups is 1. The molecule has 1 heterocycles. The highest BCUT2D eigenvalue weighted by molar-refractivity contribution is 5.99. The number of nitrogens with zero attached hydrogens (tertiary/aromatic N) is 2. The maximum Gasteiger partial charge on any atom is 0.269 e. The Morgan fingerprint density at radius 3 is 2.48 bits per heavy atom. The van der Waals surface area contributed by atoms with Crippen molar-refractivity contribution in [2.24, 2.45) is 0 Å². The first-order valence-electron chi connectivity index (χ1n) is 7.70. The molecule has 0 bridgehead atoms. The molecule has 0 aliphatic rings. The normalized spacial score (nSPS) is 11.7. The number of benzene rings is 2. The molecule has 0 fully saturated rings. The molecule has 1 atom stereocenters. The summed E-state index contributed by atoms with van der Waals surface area (Å²) in [7, 11) is 0. The van der Waals surface area contributed by atoms with E-state index in [4.69, 9.17) is 0 Å². The number of nitro groups is 1. The summed E-state index contributed by atoms with van der Waals surface area (Å²) in [4.78, 5) is 22.9. The maximum atomic E-state index is 12.6. The Bertz CT molecular complexity index is 888. The van der Waals surface area contributed by atoms with E-state index in [9.17, 15) is 14.9 Å². The molecule has 0 unspecified atom stereocenters. The molecule has 7 heteroatoms. The fourth-order valence-electron chi connectivity index (χ4n) is 2.53. The molecule has 3 aromatic rings. The predicted octanol–water partition coefficient (Wildman–Crippen LogP) is 3.48. The number of nitro benzene ring substituents is 1. The van der Waals surface area contributed by atoms with Gasteiger partial charge in [0.1, 0.15) is 0 Å². The number of rotatable bonds is 5. The first kappa shape index (κ1) is 16.4. The minimum atomic E-state index is -0.466. The first-order chi connectivity index (χ1) is 12.1. The molecule has 7 nitrogen and oxygen atoms in total. The van der Waals surface area contributed by atoms with E-state index in [1.807, 2.05) is 37.3 Å². The highest BCUT2D eigenvalue weighted by atomic mass is 16.6. The summed E-state index contributed by atoms with van der Waals surface area (Å²) < 4.78 is 0. The standard InChI is InChI=1S/C18H16N4O3/c1-12(13-5-3-2-4-6-13)20-18(23)16-11-19-21-17(16)14-7-9-15(10-8-14)22(24)25/h2-12H,1H3,(H,19,21)(H,20,23)/t12-/m0/s1. The van der Waals surface area contributed by atoms with E-state index in [1.165, 1.54) is 18.3 Å². The van der Waals surface area contributed by atoms with E-state index in [0.717, 1.165) is 5.56 Å². The molecule has 3 rings (SSSR count). The zero-order chi connectivity index (χ0) is 17.8. The van der Waals surface area contributed by atoms with Gasteiger partial charge in [-0.1, -0.05) is 30.3 Å². The second-order valence-corrected chi connectivity index (χ2v) is 5.57. The highest BCUT2D eigenvalue weighted by Crippen LogP contribution is 2.24. The van der Waals surface area contributed by atoms with Crippen LogP contribution in [0.5, 0.6) is 0 Å². The third-order valence-corrected chi connectivity index (χ3v) is 3.90. The summed E-state index contributed by atoms with van der Waals surface area (Å²) in [6.45, 7) is 1.90. The van der Waals surface area contributed by atoms with Gasteiger partial charge in [-0.15, -0.1) is 0 Å². The zero-order valence-electron chi connectivity index (χ0n) is 13.5. The smallest absolute Gasteiger partial charge is 0.269 e. The molecule has 0 radical (unpaired) electrons. The first-order valence-corrected chi connectivity index (χ1v) is 7.70. The van der Waals surface area contributed by atoms with Crippen molar-refractivity contribution in [2.45, 2.75) is 13.0 Å². The van der Waals surface area contributed by atoms with Crippen molar-refractivity contribution in [2.75, 3.05) is 0 Å². The second kappa shape index (κ2) is 6.96. The molecule has 0 saturated heterocycles. The van der Waals surface area contributed by atoms with Gasteiger partial charge < -0.3 is 5.32 Å². The fraction of sp³-hybridized carbons (Fsp3) is 0.111. The molecular weight excluding hydrogens is 320 g/mol. The molecule has 126 valence electrons. The quantitative estimate of drug-likeness (QED) is 0.550. The number of carbonyl (C=O) groups excluding carboxylic acids is 1. The van der Waals surface area contributed by atoms with Crippen LogP contribution in [0.3, 0.4) is 0 Å². The maximum absolute atomic E-state index is 12.6. The van der Waals surface area contributed by atoms with Crippen LogP contribution in [-0.2, 0) is 0 Å². The molecule has 0 aliphatic heterocycles. The lowest BCUT2D eigenvalue weighted by Crippen LogP contribution is -2.26. The summed E-state index contributed by atoms with van der Waals surface area (Å²) in [6.07, 6.45) is 1.45. The van der Waals surface area contributed by atoms with Gasteiger partial charge in [0.2, 0.25) is 0 Å². The topological polar surface area (TPSA) is 101 Å². The van der Waals surface area contributed by atoms with Crippen LogP contribution in [0.15, 0.2) is 60.8 Å². The summed E-state index contributed by atoms with van der Waals surface area (Å²) in [5, 5.41) is 20.4. The van der Waals surface area contributed by atoms with Crippen molar-refractivity contribution < 1.29 is 9.72 Å². The Morgan fingerprint density at radius 1 is 1.16 bits per heavy atom. The van der Waals surface area contributed by atoms with Crippen molar-refractivity contribution in [1.82, 2.24) is 15.5 Å². The van der Waals surface area contributed by atoms with Crippen LogP contribution in [-0.4, -0.2) is 21.0 Å². The Labute approximate surface area is 143 Å². The van der Waals surface area contributed by atoms with E-state index >= 15 is 0 Å². The van der Waals surface area contributed by atoms with Crippen LogP contribution >= 0.6 is 0 Å². The largest absolute Gasteiger partial charge is 0.345 e. The summed E-state index contributed by atoms with van der Waals surface area (Å²) in [5.74, 6) is -0.265. The number of H-pyrrole nitrogens is 1. The van der Waals surface area contributed by atoms with Crippen LogP contribution in [0.1, 0.15) is 28.9 Å². The summed E-state index contributed by atoms with van der Waals surface area (Å²) in [6, 6.07) is 15.4. The van der Waals surface area contributed by atoms with Crippen LogP contribution in [0.25, 0.3) is 11.3 Å². The molecule has 0 saturated carbocycles. The molecule has 25 heavy (non-hydrogen) atoms. The Kier molecular flexibility index (Phi) is 4.56. The number of aromatic nitrogens is 2. The van der Waals surface area contributed by atoms with Gasteiger partial charge >= 0.3 is 0 Å². The van der Waals surface area contributed by atoms with E-state index in [0.29, 0.717) is 16.8 Å². The molecule has 2 aromatic carbocycles. The van der Waals surface area contributed by atoms with Gasteiger partial charge in [-0.3, -0.25) is 20.0 Å². The van der Waals surface area contributed by atoms with Crippen molar-refractivity contribution >= 4 is 11.6 Å². The SMILES string of the molecule is C[C@H](NC(=O)c1cn[nH]c1-c1ccc([N+](=O)[O-])cc1)c1ccccc1. The van der Waals surface area contributed by atoms with E-state index in [1.54, 1.807) is 12.1 Å². The van der Waals surface area contributed by atoms with E-state index in [-0.39, 0.29) is 17.6 Å². The molecular formula is C18H16N4O3. The number of non-ortho nitro benzene ring substituents is 1. The Morgan fingerprint density at radius 2 is 1.84 bits per heavy atom. The second-order valence-electron chi connectivity index (χ2n) is 5.57. The average Bonchev–Trinajstić information content (AvgIpc) is 3.12. The van der Waals surface area contributed by atoms with Gasteiger partial charge in [0.25, 0.3) is 11.6 Å². The highest BCUT2D eigenvalue weighted by Gasteiger charge is 2.18. The van der Waals surface area contributed by atoms with Crippen molar-refractivity contribution in [1.29, 1.82) is 0 Å². The number of hydrogen-bond acceptors (Lipinski definition) is 4. The average molecular weight is 336 g/mol. The van der Waals surface area contributed by atoms with Gasteiger partial charge in [0.15, 0.2) is 0 Å². The van der Waals surface area contributed by atoms with Gasteiger partial charge in [0.05, 0.1) is 28.4 Å².